The number of benzene rings is 1. The molecule has 0 saturated heterocycles. The number of carbonyl (C=O) groups excluding carboxylic acids is 1. The van der Waals surface area contributed by atoms with Crippen LogP contribution in [0.4, 0.5) is 0 Å². The van der Waals surface area contributed by atoms with Gasteiger partial charge in [-0.15, -0.1) is 0 Å². The number of hydrogen-bond donors (Lipinski definition) is 0. The molecule has 0 spiro atoms. The van der Waals surface area contributed by atoms with E-state index in [2.05, 4.69) is 24.5 Å². The molecule has 0 atom stereocenters. The van der Waals surface area contributed by atoms with Gasteiger partial charge in [-0.05, 0) is 11.1 Å². The maximum absolute atomic E-state index is 9.75. The summed E-state index contributed by atoms with van der Waals surface area (Å²) in [6.07, 6.45) is 4.76. The minimum absolute atomic E-state index is 0.329. The first kappa shape index (κ1) is 13.9. The van der Waals surface area contributed by atoms with Crippen LogP contribution in [0.15, 0.2) is 50.3 Å². The third kappa shape index (κ3) is 5.60. The van der Waals surface area contributed by atoms with Gasteiger partial charge in [0.15, 0.2) is 0 Å². The van der Waals surface area contributed by atoms with Crippen LogP contribution < -0.4 is 0 Å². The molecule has 0 heterocycles. The van der Waals surface area contributed by atoms with Crippen LogP contribution in [-0.2, 0) is 9.53 Å². The zero-order valence-electron chi connectivity index (χ0n) is 9.48. The molecule has 16 heavy (non-hydrogen) atoms. The monoisotopic (exact) mass is 216 g/mol. The number of esters is 1. The molecule has 0 aromatic heterocycles. The molecule has 0 radical (unpaired) electrons. The van der Waals surface area contributed by atoms with Crippen LogP contribution in [0.1, 0.15) is 18.1 Å². The van der Waals surface area contributed by atoms with Gasteiger partial charge in [-0.25, -0.2) is 0 Å². The van der Waals surface area contributed by atoms with Crippen molar-refractivity contribution in [1.29, 1.82) is 0 Å². The van der Waals surface area contributed by atoms with Crippen molar-refractivity contribution in [3.8, 4) is 0 Å². The van der Waals surface area contributed by atoms with E-state index in [1.165, 1.54) is 6.92 Å². The second-order valence-electron chi connectivity index (χ2n) is 2.81. The number of rotatable bonds is 3. The normalized spacial score (nSPS) is 8.06. The van der Waals surface area contributed by atoms with Crippen molar-refractivity contribution in [3.63, 3.8) is 0 Å². The molecule has 0 aliphatic carbocycles. The molecule has 2 heteroatoms. The minimum Gasteiger partial charge on any atom is -0.435 e. The van der Waals surface area contributed by atoms with Crippen LogP contribution in [0.25, 0.3) is 12.2 Å². The standard InChI is InChI=1S/C10H10.C4H6O2/c1-3-9-7-5-6-8-10(9)4-2;1-3-6-4(2)5/h3-8H,1-2H2;3H,1H2,2H3. The van der Waals surface area contributed by atoms with Gasteiger partial charge in [0.25, 0.3) is 0 Å². The maximum Gasteiger partial charge on any atom is 0.307 e. The smallest absolute Gasteiger partial charge is 0.307 e. The Morgan fingerprint density at radius 2 is 1.56 bits per heavy atom. The topological polar surface area (TPSA) is 26.3 Å². The predicted octanol–water partition coefficient (Wildman–Crippen LogP) is 3.67. The van der Waals surface area contributed by atoms with E-state index in [-0.39, 0.29) is 5.97 Å². The molecule has 0 unspecified atom stereocenters. The summed E-state index contributed by atoms with van der Waals surface area (Å²) < 4.78 is 4.17. The fraction of sp³-hybridized carbons (Fsp3) is 0.0714. The third-order valence-electron chi connectivity index (χ3n) is 1.69. The van der Waals surface area contributed by atoms with E-state index in [1.807, 2.05) is 36.4 Å². The first-order valence-electron chi connectivity index (χ1n) is 4.77. The zero-order valence-corrected chi connectivity index (χ0v) is 9.48. The molecule has 0 fully saturated rings. The minimum atomic E-state index is -0.329. The number of ether oxygens (including phenoxy) is 1. The lowest BCUT2D eigenvalue weighted by molar-refractivity contribution is -0.135. The van der Waals surface area contributed by atoms with E-state index < -0.39 is 0 Å². The lowest BCUT2D eigenvalue weighted by Gasteiger charge is -1.96. The summed E-state index contributed by atoms with van der Waals surface area (Å²) in [5, 5.41) is 0. The number of carbonyl (C=O) groups is 1. The molecule has 0 bridgehead atoms. The Bertz CT molecular complexity index is 351. The SMILES string of the molecule is C=COC(C)=O.C=Cc1ccccc1C=C. The van der Waals surface area contributed by atoms with Gasteiger partial charge in [0.1, 0.15) is 0 Å². The van der Waals surface area contributed by atoms with E-state index in [1.54, 1.807) is 0 Å². The molecule has 1 rings (SSSR count). The highest BCUT2D eigenvalue weighted by Gasteiger charge is 1.89. The Kier molecular flexibility index (Phi) is 7.16. The second-order valence-corrected chi connectivity index (χ2v) is 2.81. The van der Waals surface area contributed by atoms with Crippen molar-refractivity contribution in [3.05, 3.63) is 61.4 Å². The summed E-state index contributed by atoms with van der Waals surface area (Å²) in [5.41, 5.74) is 2.27. The summed E-state index contributed by atoms with van der Waals surface area (Å²) in [6, 6.07) is 8.02. The van der Waals surface area contributed by atoms with Crippen molar-refractivity contribution in [1.82, 2.24) is 0 Å². The second kappa shape index (κ2) is 8.24. The van der Waals surface area contributed by atoms with Gasteiger partial charge in [0.2, 0.25) is 0 Å². The molecule has 1 aromatic carbocycles. The van der Waals surface area contributed by atoms with Crippen LogP contribution in [0, 0.1) is 0 Å². The molecule has 0 aliphatic rings. The van der Waals surface area contributed by atoms with Crippen LogP contribution in [0.5, 0.6) is 0 Å². The Morgan fingerprint density at radius 1 is 1.12 bits per heavy atom. The van der Waals surface area contributed by atoms with Gasteiger partial charge in [0.05, 0.1) is 6.26 Å². The van der Waals surface area contributed by atoms with Gasteiger partial charge in [0, 0.05) is 6.92 Å². The van der Waals surface area contributed by atoms with Crippen molar-refractivity contribution < 1.29 is 9.53 Å². The molecule has 1 aromatic rings. The van der Waals surface area contributed by atoms with Gasteiger partial charge >= 0.3 is 5.97 Å². The van der Waals surface area contributed by atoms with Crippen molar-refractivity contribution >= 4 is 18.1 Å². The van der Waals surface area contributed by atoms with E-state index in [4.69, 9.17) is 0 Å². The van der Waals surface area contributed by atoms with Crippen molar-refractivity contribution in [2.75, 3.05) is 0 Å². The van der Waals surface area contributed by atoms with Gasteiger partial charge in [-0.2, -0.15) is 0 Å². The fourth-order valence-electron chi connectivity index (χ4n) is 1.00. The summed E-state index contributed by atoms with van der Waals surface area (Å²) in [6.45, 7) is 11.9. The summed E-state index contributed by atoms with van der Waals surface area (Å²) in [4.78, 5) is 9.75. The highest BCUT2D eigenvalue weighted by atomic mass is 16.5. The molecule has 0 N–H and O–H groups in total. The lowest BCUT2D eigenvalue weighted by Crippen LogP contribution is -1.87. The lowest BCUT2D eigenvalue weighted by atomic mass is 10.1. The highest BCUT2D eigenvalue weighted by Crippen LogP contribution is 2.10. The molecule has 84 valence electrons. The van der Waals surface area contributed by atoms with Crippen molar-refractivity contribution in [2.45, 2.75) is 6.92 Å². The van der Waals surface area contributed by atoms with Gasteiger partial charge in [-0.3, -0.25) is 4.79 Å². The molecular formula is C14H16O2. The van der Waals surface area contributed by atoms with Crippen molar-refractivity contribution in [2.24, 2.45) is 0 Å². The molecule has 0 saturated carbocycles. The van der Waals surface area contributed by atoms with E-state index in [0.717, 1.165) is 17.4 Å². The Hall–Kier alpha value is -2.09. The van der Waals surface area contributed by atoms with Crippen LogP contribution in [0.3, 0.4) is 0 Å². The first-order chi connectivity index (χ1) is 7.65. The predicted molar refractivity (Wildman–Crippen MR) is 68.6 cm³/mol. The Morgan fingerprint density at radius 3 is 1.75 bits per heavy atom. The average Bonchev–Trinajstić information content (AvgIpc) is 2.29. The van der Waals surface area contributed by atoms with Crippen LogP contribution >= 0.6 is 0 Å². The van der Waals surface area contributed by atoms with E-state index in [9.17, 15) is 4.79 Å². The Labute approximate surface area is 96.6 Å². The summed E-state index contributed by atoms with van der Waals surface area (Å²) >= 11 is 0. The molecule has 0 aliphatic heterocycles. The summed E-state index contributed by atoms with van der Waals surface area (Å²) in [7, 11) is 0. The summed E-state index contributed by atoms with van der Waals surface area (Å²) in [5.74, 6) is -0.329. The van der Waals surface area contributed by atoms with Crippen LogP contribution in [-0.4, -0.2) is 5.97 Å². The fourth-order valence-corrected chi connectivity index (χ4v) is 1.00. The first-order valence-corrected chi connectivity index (χ1v) is 4.77. The quantitative estimate of drug-likeness (QED) is 0.569. The number of hydrogen-bond acceptors (Lipinski definition) is 2. The molecular weight excluding hydrogens is 200 g/mol. The van der Waals surface area contributed by atoms with Crippen LogP contribution in [0.2, 0.25) is 0 Å². The third-order valence-corrected chi connectivity index (χ3v) is 1.69. The van der Waals surface area contributed by atoms with E-state index >= 15 is 0 Å². The highest BCUT2D eigenvalue weighted by molar-refractivity contribution is 5.66. The van der Waals surface area contributed by atoms with Gasteiger partial charge in [-0.1, -0.05) is 56.2 Å². The average molecular weight is 216 g/mol. The molecule has 0 amide bonds. The van der Waals surface area contributed by atoms with E-state index in [0.29, 0.717) is 0 Å². The maximum atomic E-state index is 9.75. The van der Waals surface area contributed by atoms with Gasteiger partial charge < -0.3 is 4.74 Å². The Balaban J connectivity index is 0.000000325. The largest absolute Gasteiger partial charge is 0.435 e. The molecule has 2 nitrogen and oxygen atoms in total. The zero-order chi connectivity index (χ0) is 12.4.